The largest absolute Gasteiger partial charge is 0.493 e. The summed E-state index contributed by atoms with van der Waals surface area (Å²) in [6, 6.07) is 10.7. The van der Waals surface area contributed by atoms with Gasteiger partial charge < -0.3 is 4.74 Å². The van der Waals surface area contributed by atoms with Crippen LogP contribution in [0.4, 0.5) is 0 Å². The Balaban J connectivity index is 1.82. The lowest BCUT2D eigenvalue weighted by molar-refractivity contribution is 0.255. The Morgan fingerprint density at radius 2 is 2.25 bits per heavy atom. The molecule has 0 spiro atoms. The minimum Gasteiger partial charge on any atom is -0.493 e. The van der Waals surface area contributed by atoms with Crippen LogP contribution in [0, 0.1) is 6.92 Å². The number of hydrazine groups is 1. The van der Waals surface area contributed by atoms with Gasteiger partial charge in [0.1, 0.15) is 5.75 Å². The van der Waals surface area contributed by atoms with Crippen LogP contribution >= 0.6 is 11.3 Å². The molecule has 3 nitrogen and oxygen atoms in total. The van der Waals surface area contributed by atoms with E-state index in [1.807, 2.05) is 6.07 Å². The molecule has 2 atom stereocenters. The van der Waals surface area contributed by atoms with Crippen molar-refractivity contribution in [3.05, 3.63) is 51.7 Å². The van der Waals surface area contributed by atoms with E-state index in [0.29, 0.717) is 5.92 Å². The van der Waals surface area contributed by atoms with Crippen molar-refractivity contribution >= 4 is 11.3 Å². The van der Waals surface area contributed by atoms with Crippen molar-refractivity contribution in [2.45, 2.75) is 31.7 Å². The van der Waals surface area contributed by atoms with Crippen LogP contribution in [0.25, 0.3) is 0 Å². The third-order valence-corrected chi connectivity index (χ3v) is 5.15. The fraction of sp³-hybridized carbons (Fsp3) is 0.375. The molecule has 2 aromatic rings. The van der Waals surface area contributed by atoms with E-state index in [1.54, 1.807) is 11.3 Å². The Labute approximate surface area is 123 Å². The molecule has 1 aromatic carbocycles. The average Bonchev–Trinajstić information content (AvgIpc) is 2.91. The molecule has 0 saturated carbocycles. The second kappa shape index (κ2) is 5.95. The van der Waals surface area contributed by atoms with Gasteiger partial charge in [-0.25, -0.2) is 0 Å². The molecule has 3 rings (SSSR count). The molecule has 1 aliphatic heterocycles. The van der Waals surface area contributed by atoms with E-state index >= 15 is 0 Å². The van der Waals surface area contributed by atoms with Crippen LogP contribution in [-0.4, -0.2) is 6.61 Å². The molecule has 3 N–H and O–H groups in total. The molecular formula is C16H20N2OS. The van der Waals surface area contributed by atoms with Gasteiger partial charge in [-0.05, 0) is 54.3 Å². The quantitative estimate of drug-likeness (QED) is 0.668. The maximum atomic E-state index is 5.80. The highest BCUT2D eigenvalue weighted by Crippen LogP contribution is 2.39. The van der Waals surface area contributed by atoms with Gasteiger partial charge in [0.15, 0.2) is 0 Å². The fourth-order valence-electron chi connectivity index (χ4n) is 2.94. The molecule has 2 heterocycles. The zero-order valence-corrected chi connectivity index (χ0v) is 12.5. The van der Waals surface area contributed by atoms with Crippen LogP contribution in [0.3, 0.4) is 0 Å². The molecule has 0 saturated heterocycles. The van der Waals surface area contributed by atoms with Crippen LogP contribution in [0.2, 0.25) is 0 Å². The van der Waals surface area contributed by atoms with Gasteiger partial charge in [0.25, 0.3) is 0 Å². The lowest BCUT2D eigenvalue weighted by Gasteiger charge is -2.28. The first-order valence-electron chi connectivity index (χ1n) is 7.01. The van der Waals surface area contributed by atoms with E-state index in [-0.39, 0.29) is 6.04 Å². The summed E-state index contributed by atoms with van der Waals surface area (Å²) in [6.07, 6.45) is 2.07. The van der Waals surface area contributed by atoms with Crippen molar-refractivity contribution in [3.63, 3.8) is 0 Å². The fourth-order valence-corrected chi connectivity index (χ4v) is 3.94. The number of hydrogen-bond donors (Lipinski definition) is 2. The van der Waals surface area contributed by atoms with Gasteiger partial charge in [-0.1, -0.05) is 18.2 Å². The number of nitrogens with two attached hydrogens (primary N) is 1. The average molecular weight is 288 g/mol. The number of rotatable bonds is 4. The van der Waals surface area contributed by atoms with Crippen molar-refractivity contribution in [1.82, 2.24) is 5.43 Å². The number of nitrogens with one attached hydrogen (secondary N) is 1. The molecule has 4 heteroatoms. The molecule has 1 aromatic heterocycles. The zero-order valence-electron chi connectivity index (χ0n) is 11.6. The second-order valence-electron chi connectivity index (χ2n) is 5.29. The maximum absolute atomic E-state index is 5.80. The summed E-state index contributed by atoms with van der Waals surface area (Å²) in [6.45, 7) is 2.94. The summed E-state index contributed by atoms with van der Waals surface area (Å²) in [5.41, 5.74) is 5.62. The van der Waals surface area contributed by atoms with Crippen molar-refractivity contribution in [2.75, 3.05) is 6.61 Å². The van der Waals surface area contributed by atoms with Gasteiger partial charge in [-0.15, -0.1) is 11.3 Å². The van der Waals surface area contributed by atoms with Crippen LogP contribution < -0.4 is 16.0 Å². The standard InChI is InChI=1S/C16H20N2OS/c1-11-7-9-20-16(11)14(18-17)10-12-6-8-19-15-5-3-2-4-13(12)15/h2-5,7,9,12,14,18H,6,8,10,17H2,1H3. The molecule has 2 unspecified atom stereocenters. The predicted octanol–water partition coefficient (Wildman–Crippen LogP) is 3.52. The van der Waals surface area contributed by atoms with E-state index in [4.69, 9.17) is 10.6 Å². The van der Waals surface area contributed by atoms with Gasteiger partial charge in [0.2, 0.25) is 0 Å². The van der Waals surface area contributed by atoms with Crippen LogP contribution in [0.5, 0.6) is 5.75 Å². The summed E-state index contributed by atoms with van der Waals surface area (Å²) >= 11 is 1.78. The number of benzene rings is 1. The second-order valence-corrected chi connectivity index (χ2v) is 6.24. The van der Waals surface area contributed by atoms with Crippen LogP contribution in [0.1, 0.15) is 40.8 Å². The minimum atomic E-state index is 0.214. The number of fused-ring (bicyclic) bond motifs is 1. The Morgan fingerprint density at radius 3 is 3.00 bits per heavy atom. The summed E-state index contributed by atoms with van der Waals surface area (Å²) in [5, 5.41) is 2.13. The van der Waals surface area contributed by atoms with Gasteiger partial charge in [-0.3, -0.25) is 11.3 Å². The van der Waals surface area contributed by atoms with Crippen molar-refractivity contribution in [2.24, 2.45) is 5.84 Å². The van der Waals surface area contributed by atoms with Crippen LogP contribution in [0.15, 0.2) is 35.7 Å². The number of hydrogen-bond acceptors (Lipinski definition) is 4. The molecule has 0 fully saturated rings. The number of para-hydroxylation sites is 1. The van der Waals surface area contributed by atoms with E-state index in [1.165, 1.54) is 16.0 Å². The first-order valence-corrected chi connectivity index (χ1v) is 7.89. The Hall–Kier alpha value is -1.36. The third-order valence-electron chi connectivity index (χ3n) is 4.02. The first kappa shape index (κ1) is 13.6. The van der Waals surface area contributed by atoms with Gasteiger partial charge in [0.05, 0.1) is 12.6 Å². The molecule has 0 bridgehead atoms. The Bertz CT molecular complexity index is 581. The van der Waals surface area contributed by atoms with Crippen molar-refractivity contribution < 1.29 is 4.74 Å². The number of aryl methyl sites for hydroxylation is 1. The van der Waals surface area contributed by atoms with E-state index in [9.17, 15) is 0 Å². The predicted molar refractivity (Wildman–Crippen MR) is 83.0 cm³/mol. The lowest BCUT2D eigenvalue weighted by Crippen LogP contribution is -2.30. The summed E-state index contributed by atoms with van der Waals surface area (Å²) in [5.74, 6) is 7.33. The Kier molecular flexibility index (Phi) is 4.05. The topological polar surface area (TPSA) is 47.3 Å². The smallest absolute Gasteiger partial charge is 0.122 e. The van der Waals surface area contributed by atoms with Gasteiger partial charge in [-0.2, -0.15) is 0 Å². The molecule has 106 valence electrons. The highest BCUT2D eigenvalue weighted by atomic mass is 32.1. The molecular weight excluding hydrogens is 268 g/mol. The molecule has 0 amide bonds. The SMILES string of the molecule is Cc1ccsc1C(CC1CCOc2ccccc21)NN. The highest BCUT2D eigenvalue weighted by molar-refractivity contribution is 7.10. The summed E-state index contributed by atoms with van der Waals surface area (Å²) in [7, 11) is 0. The lowest BCUT2D eigenvalue weighted by atomic mass is 9.87. The van der Waals surface area contributed by atoms with Crippen LogP contribution in [-0.2, 0) is 0 Å². The monoisotopic (exact) mass is 288 g/mol. The molecule has 0 radical (unpaired) electrons. The maximum Gasteiger partial charge on any atom is 0.122 e. The van der Waals surface area contributed by atoms with E-state index < -0.39 is 0 Å². The van der Waals surface area contributed by atoms with Gasteiger partial charge in [0, 0.05) is 4.88 Å². The minimum absolute atomic E-state index is 0.214. The number of ether oxygens (including phenoxy) is 1. The highest BCUT2D eigenvalue weighted by Gasteiger charge is 2.25. The van der Waals surface area contributed by atoms with E-state index in [0.717, 1.165) is 25.2 Å². The van der Waals surface area contributed by atoms with E-state index in [2.05, 4.69) is 42.0 Å². The summed E-state index contributed by atoms with van der Waals surface area (Å²) in [4.78, 5) is 1.34. The summed E-state index contributed by atoms with van der Waals surface area (Å²) < 4.78 is 5.73. The molecule has 1 aliphatic rings. The third kappa shape index (κ3) is 2.59. The first-order chi connectivity index (χ1) is 9.79. The molecule has 20 heavy (non-hydrogen) atoms. The van der Waals surface area contributed by atoms with Gasteiger partial charge >= 0.3 is 0 Å². The number of thiophene rings is 1. The molecule has 0 aliphatic carbocycles. The normalized spacial score (nSPS) is 19.2. The van der Waals surface area contributed by atoms with Crippen molar-refractivity contribution in [3.8, 4) is 5.75 Å². The Morgan fingerprint density at radius 1 is 1.40 bits per heavy atom. The zero-order chi connectivity index (χ0) is 13.9. The van der Waals surface area contributed by atoms with Crippen molar-refractivity contribution in [1.29, 1.82) is 0 Å².